The van der Waals surface area contributed by atoms with Crippen molar-refractivity contribution in [2.24, 2.45) is 5.73 Å². The fraction of sp³-hybridized carbons (Fsp3) is 0.946. The number of rotatable bonds is 32. The van der Waals surface area contributed by atoms with Crippen LogP contribution in [0.25, 0.3) is 0 Å². The van der Waals surface area contributed by atoms with E-state index in [9.17, 15) is 14.7 Å². The zero-order chi connectivity index (χ0) is 32.1. The molecule has 0 spiro atoms. The fourth-order valence-electron chi connectivity index (χ4n) is 5.54. The first-order valence-electron chi connectivity index (χ1n) is 18.6. The summed E-state index contributed by atoms with van der Waals surface area (Å²) in [6, 6.07) is 0. The highest BCUT2D eigenvalue weighted by Crippen LogP contribution is 2.29. The van der Waals surface area contributed by atoms with Crippen molar-refractivity contribution in [1.82, 2.24) is 0 Å². The van der Waals surface area contributed by atoms with Gasteiger partial charge in [0.2, 0.25) is 0 Å². The number of ether oxygens (including phenoxy) is 2. The molecule has 0 aliphatic heterocycles. The van der Waals surface area contributed by atoms with Gasteiger partial charge in [0.25, 0.3) is 5.79 Å². The summed E-state index contributed by atoms with van der Waals surface area (Å²) in [7, 11) is 0. The number of carbonyl (C=O) groups excluding carboxylic acids is 2. The van der Waals surface area contributed by atoms with Crippen LogP contribution in [0.1, 0.15) is 207 Å². The first-order chi connectivity index (χ1) is 20.7. The van der Waals surface area contributed by atoms with Crippen LogP contribution in [0.2, 0.25) is 0 Å². The SMILES string of the molecule is CCCCCCCCCCCCCCCC(=O)OC(C)(OC(=O)CCCCCCCCCCCCCCC)C(C)(O)CN. The summed E-state index contributed by atoms with van der Waals surface area (Å²) in [6.07, 6.45) is 32.5. The van der Waals surface area contributed by atoms with E-state index in [1.807, 2.05) is 0 Å². The summed E-state index contributed by atoms with van der Waals surface area (Å²) in [5, 5.41) is 10.8. The molecule has 6 nitrogen and oxygen atoms in total. The van der Waals surface area contributed by atoms with Gasteiger partial charge in [0, 0.05) is 26.3 Å². The van der Waals surface area contributed by atoms with E-state index >= 15 is 0 Å². The van der Waals surface area contributed by atoms with Gasteiger partial charge < -0.3 is 20.3 Å². The van der Waals surface area contributed by atoms with Crippen LogP contribution in [0.4, 0.5) is 0 Å². The number of hydrogen-bond donors (Lipinski definition) is 2. The third-order valence-electron chi connectivity index (χ3n) is 8.96. The van der Waals surface area contributed by atoms with E-state index in [0.29, 0.717) is 0 Å². The predicted molar refractivity (Wildman–Crippen MR) is 181 cm³/mol. The van der Waals surface area contributed by atoms with Crippen molar-refractivity contribution in [3.63, 3.8) is 0 Å². The van der Waals surface area contributed by atoms with Crippen molar-refractivity contribution >= 4 is 11.9 Å². The van der Waals surface area contributed by atoms with Crippen molar-refractivity contribution in [2.75, 3.05) is 6.54 Å². The van der Waals surface area contributed by atoms with E-state index in [2.05, 4.69) is 13.8 Å². The normalized spacial score (nSPS) is 13.2. The third-order valence-corrected chi connectivity index (χ3v) is 8.96. The number of esters is 2. The number of aliphatic hydroxyl groups is 1. The molecule has 0 aromatic carbocycles. The Morgan fingerprint density at radius 3 is 0.953 bits per heavy atom. The Balaban J connectivity index is 4.08. The molecule has 0 heterocycles. The summed E-state index contributed by atoms with van der Waals surface area (Å²) < 4.78 is 11.2. The lowest BCUT2D eigenvalue weighted by molar-refractivity contribution is -0.279. The molecule has 6 heteroatoms. The second-order valence-corrected chi connectivity index (χ2v) is 13.4. The Morgan fingerprint density at radius 1 is 0.488 bits per heavy atom. The standard InChI is InChI=1S/C37H73NO5/c1-5-7-9-11-13-15-17-19-21-23-25-27-29-31-34(39)42-37(4,36(3,41)33-38)43-35(40)32-30-28-26-24-22-20-18-16-14-12-10-8-6-2/h41H,5-33,38H2,1-4H3. The van der Waals surface area contributed by atoms with Gasteiger partial charge in [-0.2, -0.15) is 0 Å². The van der Waals surface area contributed by atoms with Gasteiger partial charge in [0.1, 0.15) is 0 Å². The van der Waals surface area contributed by atoms with Crippen molar-refractivity contribution in [3.05, 3.63) is 0 Å². The first kappa shape index (κ1) is 41.9. The molecule has 0 saturated carbocycles. The average Bonchev–Trinajstić information content (AvgIpc) is 2.97. The molecular formula is C37H73NO5. The summed E-state index contributed by atoms with van der Waals surface area (Å²) in [4.78, 5) is 25.2. The van der Waals surface area contributed by atoms with E-state index in [4.69, 9.17) is 15.2 Å². The number of nitrogens with two attached hydrogens (primary N) is 1. The molecule has 1 unspecified atom stereocenters. The van der Waals surface area contributed by atoms with Gasteiger partial charge in [-0.1, -0.05) is 168 Å². The summed E-state index contributed by atoms with van der Waals surface area (Å²) >= 11 is 0. The molecule has 0 aliphatic rings. The van der Waals surface area contributed by atoms with E-state index in [0.717, 1.165) is 38.5 Å². The molecule has 0 bridgehead atoms. The molecule has 0 rings (SSSR count). The Morgan fingerprint density at radius 2 is 0.721 bits per heavy atom. The van der Waals surface area contributed by atoms with E-state index in [1.54, 1.807) is 0 Å². The van der Waals surface area contributed by atoms with Crippen molar-refractivity contribution < 1.29 is 24.2 Å². The van der Waals surface area contributed by atoms with Crippen LogP contribution in [0.5, 0.6) is 0 Å². The summed E-state index contributed by atoms with van der Waals surface area (Å²) in [5.74, 6) is -2.73. The minimum Gasteiger partial charge on any atom is -0.419 e. The molecule has 3 N–H and O–H groups in total. The minimum atomic E-state index is -1.80. The molecule has 0 fully saturated rings. The van der Waals surface area contributed by atoms with Gasteiger partial charge in [0.15, 0.2) is 5.60 Å². The number of hydrogen-bond acceptors (Lipinski definition) is 6. The Hall–Kier alpha value is -1.14. The molecule has 0 aliphatic carbocycles. The lowest BCUT2D eigenvalue weighted by atomic mass is 9.96. The average molecular weight is 612 g/mol. The second kappa shape index (κ2) is 28.3. The second-order valence-electron chi connectivity index (χ2n) is 13.4. The first-order valence-corrected chi connectivity index (χ1v) is 18.6. The van der Waals surface area contributed by atoms with E-state index in [-0.39, 0.29) is 19.4 Å². The molecule has 1 atom stereocenters. The topological polar surface area (TPSA) is 98.8 Å². The van der Waals surface area contributed by atoms with Crippen LogP contribution in [0.15, 0.2) is 0 Å². The van der Waals surface area contributed by atoms with Gasteiger partial charge in [-0.25, -0.2) is 0 Å². The quantitative estimate of drug-likeness (QED) is 0.0446. The molecule has 0 saturated heterocycles. The lowest BCUT2D eigenvalue weighted by Crippen LogP contribution is -2.59. The number of unbranched alkanes of at least 4 members (excludes halogenated alkanes) is 24. The predicted octanol–water partition coefficient (Wildman–Crippen LogP) is 10.5. The summed E-state index contributed by atoms with van der Waals surface area (Å²) in [5.41, 5.74) is 4.09. The molecule has 0 aromatic heterocycles. The molecule has 0 aromatic rings. The Kier molecular flexibility index (Phi) is 27.6. The zero-order valence-corrected chi connectivity index (χ0v) is 29.2. The number of carbonyl (C=O) groups is 2. The van der Waals surface area contributed by atoms with Gasteiger partial charge in [-0.05, 0) is 19.8 Å². The van der Waals surface area contributed by atoms with Gasteiger partial charge in [-0.3, -0.25) is 9.59 Å². The Bertz CT molecular complexity index is 607. The van der Waals surface area contributed by atoms with Crippen LogP contribution in [-0.4, -0.2) is 35.0 Å². The van der Waals surface area contributed by atoms with Crippen molar-refractivity contribution in [2.45, 2.75) is 219 Å². The smallest absolute Gasteiger partial charge is 0.309 e. The van der Waals surface area contributed by atoms with Crippen LogP contribution in [0.3, 0.4) is 0 Å². The maximum absolute atomic E-state index is 12.6. The highest BCUT2D eigenvalue weighted by Gasteiger charge is 2.49. The Labute approximate surface area is 267 Å². The van der Waals surface area contributed by atoms with Gasteiger partial charge >= 0.3 is 11.9 Å². The highest BCUT2D eigenvalue weighted by atomic mass is 16.7. The molecular weight excluding hydrogens is 538 g/mol. The van der Waals surface area contributed by atoms with E-state index in [1.165, 1.54) is 142 Å². The van der Waals surface area contributed by atoms with Crippen molar-refractivity contribution in [1.29, 1.82) is 0 Å². The lowest BCUT2D eigenvalue weighted by Gasteiger charge is -2.40. The maximum Gasteiger partial charge on any atom is 0.309 e. The van der Waals surface area contributed by atoms with Crippen molar-refractivity contribution in [3.8, 4) is 0 Å². The maximum atomic E-state index is 12.6. The molecule has 0 radical (unpaired) electrons. The van der Waals surface area contributed by atoms with Crippen LogP contribution >= 0.6 is 0 Å². The van der Waals surface area contributed by atoms with Crippen LogP contribution < -0.4 is 5.73 Å². The third kappa shape index (κ3) is 23.9. The largest absolute Gasteiger partial charge is 0.419 e. The fourth-order valence-corrected chi connectivity index (χ4v) is 5.54. The van der Waals surface area contributed by atoms with E-state index < -0.39 is 23.3 Å². The van der Waals surface area contributed by atoms with Gasteiger partial charge in [-0.15, -0.1) is 0 Å². The molecule has 256 valence electrons. The monoisotopic (exact) mass is 612 g/mol. The van der Waals surface area contributed by atoms with Gasteiger partial charge in [0.05, 0.1) is 0 Å². The van der Waals surface area contributed by atoms with Crippen LogP contribution in [0, 0.1) is 0 Å². The zero-order valence-electron chi connectivity index (χ0n) is 29.2. The molecule has 43 heavy (non-hydrogen) atoms. The molecule has 0 amide bonds. The highest BCUT2D eigenvalue weighted by molar-refractivity contribution is 5.72. The van der Waals surface area contributed by atoms with Crippen LogP contribution in [-0.2, 0) is 19.1 Å². The summed E-state index contributed by atoms with van der Waals surface area (Å²) in [6.45, 7) is 7.21. The minimum absolute atomic E-state index is 0.193.